The predicted octanol–water partition coefficient (Wildman–Crippen LogP) is 5.42. The Hall–Kier alpha value is -2.34. The van der Waals surface area contributed by atoms with Gasteiger partial charge in [-0.25, -0.2) is 4.79 Å². The van der Waals surface area contributed by atoms with E-state index in [1.807, 2.05) is 53.6 Å². The fourth-order valence-corrected chi connectivity index (χ4v) is 4.74. The van der Waals surface area contributed by atoms with Crippen molar-refractivity contribution in [2.24, 2.45) is 0 Å². The molecule has 5 nitrogen and oxygen atoms in total. The van der Waals surface area contributed by atoms with Gasteiger partial charge in [-0.15, -0.1) is 11.3 Å². The molecular formula is C25H35N3O2S. The Morgan fingerprint density at radius 1 is 1.06 bits per heavy atom. The van der Waals surface area contributed by atoms with Crippen molar-refractivity contribution >= 4 is 23.3 Å². The molecule has 0 radical (unpaired) electrons. The summed E-state index contributed by atoms with van der Waals surface area (Å²) in [6.45, 7) is 5.28. The summed E-state index contributed by atoms with van der Waals surface area (Å²) in [5, 5.41) is 5.22. The average Bonchev–Trinajstić information content (AvgIpc) is 3.31. The van der Waals surface area contributed by atoms with E-state index in [0.717, 1.165) is 29.7 Å². The first-order valence-electron chi connectivity index (χ1n) is 11.5. The van der Waals surface area contributed by atoms with Crippen LogP contribution in [0.1, 0.15) is 62.8 Å². The highest BCUT2D eigenvalue weighted by Crippen LogP contribution is 2.19. The lowest BCUT2D eigenvalue weighted by molar-refractivity contribution is -0.133. The van der Waals surface area contributed by atoms with Crippen molar-refractivity contribution in [2.45, 2.75) is 77.5 Å². The molecule has 168 valence electrons. The number of carbonyl (C=O) groups is 2. The van der Waals surface area contributed by atoms with E-state index in [1.165, 1.54) is 19.3 Å². The number of urea groups is 1. The zero-order valence-corrected chi connectivity index (χ0v) is 19.6. The molecule has 31 heavy (non-hydrogen) atoms. The number of benzene rings is 1. The summed E-state index contributed by atoms with van der Waals surface area (Å²) in [7, 11) is 0. The van der Waals surface area contributed by atoms with Gasteiger partial charge < -0.3 is 15.1 Å². The number of nitrogens with zero attached hydrogens (tertiary/aromatic N) is 2. The van der Waals surface area contributed by atoms with Crippen LogP contribution in [0.15, 0.2) is 47.8 Å². The van der Waals surface area contributed by atoms with Crippen LogP contribution in [0.4, 0.5) is 4.79 Å². The van der Waals surface area contributed by atoms with Gasteiger partial charge in [0.15, 0.2) is 0 Å². The molecule has 1 aromatic carbocycles. The zero-order chi connectivity index (χ0) is 22.1. The van der Waals surface area contributed by atoms with Crippen LogP contribution in [0.5, 0.6) is 0 Å². The third-order valence-electron chi connectivity index (χ3n) is 6.12. The molecular weight excluding hydrogens is 406 g/mol. The summed E-state index contributed by atoms with van der Waals surface area (Å²) < 4.78 is 0. The van der Waals surface area contributed by atoms with Crippen LogP contribution in [-0.2, 0) is 17.9 Å². The minimum Gasteiger partial charge on any atom is -0.335 e. The zero-order valence-electron chi connectivity index (χ0n) is 18.8. The highest BCUT2D eigenvalue weighted by atomic mass is 32.1. The van der Waals surface area contributed by atoms with Crippen LogP contribution in [0, 0.1) is 0 Å². The van der Waals surface area contributed by atoms with Gasteiger partial charge in [0.2, 0.25) is 5.91 Å². The van der Waals surface area contributed by atoms with Gasteiger partial charge in [0, 0.05) is 23.5 Å². The monoisotopic (exact) mass is 441 g/mol. The maximum absolute atomic E-state index is 13.4. The van der Waals surface area contributed by atoms with Crippen molar-refractivity contribution < 1.29 is 9.59 Å². The maximum Gasteiger partial charge on any atom is 0.318 e. The molecule has 3 amide bonds. The molecule has 6 heteroatoms. The van der Waals surface area contributed by atoms with Gasteiger partial charge in [-0.05, 0) is 43.2 Å². The highest BCUT2D eigenvalue weighted by Gasteiger charge is 2.27. The van der Waals surface area contributed by atoms with E-state index in [2.05, 4.69) is 18.3 Å². The molecule has 0 spiro atoms. The molecule has 1 saturated carbocycles. The summed E-state index contributed by atoms with van der Waals surface area (Å²) in [4.78, 5) is 31.2. The smallest absolute Gasteiger partial charge is 0.318 e. The lowest BCUT2D eigenvalue weighted by Gasteiger charge is -2.33. The fraction of sp³-hybridized carbons (Fsp3) is 0.520. The third kappa shape index (κ3) is 7.10. The summed E-state index contributed by atoms with van der Waals surface area (Å²) in [5.41, 5.74) is 1.09. The van der Waals surface area contributed by atoms with E-state index in [4.69, 9.17) is 0 Å². The van der Waals surface area contributed by atoms with Crippen LogP contribution in [-0.4, -0.2) is 40.4 Å². The molecule has 1 atom stereocenters. The number of carbonyl (C=O) groups excluding carboxylic acids is 2. The molecule has 0 bridgehead atoms. The Balaban J connectivity index is 1.71. The van der Waals surface area contributed by atoms with Crippen molar-refractivity contribution in [3.05, 3.63) is 58.3 Å². The van der Waals surface area contributed by atoms with Gasteiger partial charge in [-0.1, -0.05) is 62.6 Å². The molecule has 1 fully saturated rings. The lowest BCUT2D eigenvalue weighted by atomic mass is 9.96. The van der Waals surface area contributed by atoms with E-state index >= 15 is 0 Å². The van der Waals surface area contributed by atoms with Crippen molar-refractivity contribution in [3.63, 3.8) is 0 Å². The van der Waals surface area contributed by atoms with Crippen molar-refractivity contribution in [1.29, 1.82) is 0 Å². The number of rotatable bonds is 9. The van der Waals surface area contributed by atoms with Crippen molar-refractivity contribution in [3.8, 4) is 0 Å². The Labute approximate surface area is 190 Å². The van der Waals surface area contributed by atoms with Crippen LogP contribution in [0.2, 0.25) is 0 Å². The second-order valence-electron chi connectivity index (χ2n) is 8.48. The SMILES string of the molecule is CCC(C)N(CC(=O)N(Cc1ccccc1)Cc1cccs1)C(=O)NC1CCCCC1. The van der Waals surface area contributed by atoms with Gasteiger partial charge in [0.1, 0.15) is 6.54 Å². The highest BCUT2D eigenvalue weighted by molar-refractivity contribution is 7.09. The quantitative estimate of drug-likeness (QED) is 0.565. The van der Waals surface area contributed by atoms with Crippen LogP contribution in [0.25, 0.3) is 0 Å². The summed E-state index contributed by atoms with van der Waals surface area (Å²) in [5.74, 6) is -0.0173. The lowest BCUT2D eigenvalue weighted by Crippen LogP contribution is -2.52. The van der Waals surface area contributed by atoms with Gasteiger partial charge in [0.05, 0.1) is 6.54 Å². The van der Waals surface area contributed by atoms with E-state index < -0.39 is 0 Å². The van der Waals surface area contributed by atoms with E-state index in [9.17, 15) is 9.59 Å². The molecule has 1 aliphatic rings. The molecule has 1 unspecified atom stereocenters. The second kappa shape index (κ2) is 11.9. The number of hydrogen-bond acceptors (Lipinski definition) is 3. The Bertz CT molecular complexity index is 803. The predicted molar refractivity (Wildman–Crippen MR) is 127 cm³/mol. The number of nitrogens with one attached hydrogen (secondary N) is 1. The molecule has 1 heterocycles. The summed E-state index contributed by atoms with van der Waals surface area (Å²) in [6, 6.07) is 14.2. The summed E-state index contributed by atoms with van der Waals surface area (Å²) in [6.07, 6.45) is 6.46. The largest absolute Gasteiger partial charge is 0.335 e. The van der Waals surface area contributed by atoms with Crippen LogP contribution in [0.3, 0.4) is 0 Å². The van der Waals surface area contributed by atoms with Gasteiger partial charge >= 0.3 is 6.03 Å². The Morgan fingerprint density at radius 3 is 2.45 bits per heavy atom. The van der Waals surface area contributed by atoms with Crippen LogP contribution < -0.4 is 5.32 Å². The van der Waals surface area contributed by atoms with Crippen LogP contribution >= 0.6 is 11.3 Å². The second-order valence-corrected chi connectivity index (χ2v) is 9.52. The Kier molecular flexibility index (Phi) is 8.95. The topological polar surface area (TPSA) is 52.7 Å². The first-order chi connectivity index (χ1) is 15.1. The van der Waals surface area contributed by atoms with E-state index in [1.54, 1.807) is 16.2 Å². The molecule has 1 aliphatic carbocycles. The Morgan fingerprint density at radius 2 is 1.81 bits per heavy atom. The molecule has 0 saturated heterocycles. The molecule has 0 aliphatic heterocycles. The summed E-state index contributed by atoms with van der Waals surface area (Å²) >= 11 is 1.65. The average molecular weight is 442 g/mol. The van der Waals surface area contributed by atoms with Crippen molar-refractivity contribution in [2.75, 3.05) is 6.54 Å². The van der Waals surface area contributed by atoms with Gasteiger partial charge in [-0.2, -0.15) is 0 Å². The maximum atomic E-state index is 13.4. The van der Waals surface area contributed by atoms with E-state index in [0.29, 0.717) is 13.1 Å². The normalized spacial score (nSPS) is 15.3. The minimum absolute atomic E-state index is 0.00727. The number of thiophene rings is 1. The first kappa shape index (κ1) is 23.3. The van der Waals surface area contributed by atoms with Crippen molar-refractivity contribution in [1.82, 2.24) is 15.1 Å². The number of hydrogen-bond donors (Lipinski definition) is 1. The molecule has 1 N–H and O–H groups in total. The minimum atomic E-state index is -0.106. The third-order valence-corrected chi connectivity index (χ3v) is 6.98. The standard InChI is InChI=1S/C25H35N3O2S/c1-3-20(2)28(25(30)26-22-13-8-5-9-14-22)19-24(29)27(18-23-15-10-16-31-23)17-21-11-6-4-7-12-21/h4,6-7,10-12,15-16,20,22H,3,5,8-9,13-14,17-19H2,1-2H3,(H,26,30). The van der Waals surface area contributed by atoms with E-state index in [-0.39, 0.29) is 30.6 Å². The van der Waals surface area contributed by atoms with Gasteiger partial charge in [-0.3, -0.25) is 4.79 Å². The first-order valence-corrected chi connectivity index (χ1v) is 12.4. The number of amides is 3. The fourth-order valence-electron chi connectivity index (χ4n) is 4.03. The molecule has 2 aromatic rings. The van der Waals surface area contributed by atoms with Gasteiger partial charge in [0.25, 0.3) is 0 Å². The molecule has 3 rings (SSSR count). The molecule has 1 aromatic heterocycles.